The van der Waals surface area contributed by atoms with Crippen molar-refractivity contribution in [2.24, 2.45) is 0 Å². The summed E-state index contributed by atoms with van der Waals surface area (Å²) in [5.74, 6) is 0.146. The third-order valence-electron chi connectivity index (χ3n) is 0.937. The Labute approximate surface area is 65.9 Å². The number of anilines is 1. The zero-order chi connectivity index (χ0) is 5.98. The molecule has 0 heterocycles. The maximum Gasteiger partial charge on any atom is 1.00 e. The van der Waals surface area contributed by atoms with Gasteiger partial charge in [0.15, 0.2) is 0 Å². The molecule has 3 N–H and O–H groups in total. The van der Waals surface area contributed by atoms with Gasteiger partial charge in [-0.25, -0.2) is 0 Å². The van der Waals surface area contributed by atoms with Gasteiger partial charge < -0.3 is 10.8 Å². The number of para-hydroxylation sites is 2. The molecular formula is C6H7LiNO+. The fraction of sp³-hybridized carbons (Fsp3) is 0. The summed E-state index contributed by atoms with van der Waals surface area (Å²) in [4.78, 5) is 0. The summed E-state index contributed by atoms with van der Waals surface area (Å²) in [5, 5.41) is 8.79. The molecule has 0 saturated heterocycles. The number of nitrogen functional groups attached to an aromatic ring is 1. The molecule has 42 valence electrons. The van der Waals surface area contributed by atoms with E-state index in [1.165, 1.54) is 0 Å². The number of phenols is 1. The second kappa shape index (κ2) is 3.44. The van der Waals surface area contributed by atoms with Gasteiger partial charge in [-0.1, -0.05) is 12.1 Å². The number of hydrogen-bond acceptors (Lipinski definition) is 2. The van der Waals surface area contributed by atoms with Gasteiger partial charge in [0.05, 0.1) is 5.69 Å². The molecule has 0 aliphatic carbocycles. The molecule has 2 nitrogen and oxygen atoms in total. The van der Waals surface area contributed by atoms with Crippen LogP contribution in [-0.2, 0) is 0 Å². The van der Waals surface area contributed by atoms with Crippen LogP contribution in [0.5, 0.6) is 5.75 Å². The molecule has 1 rings (SSSR count). The maximum atomic E-state index is 8.79. The average Bonchev–Trinajstić information content (AvgIpc) is 1.77. The minimum Gasteiger partial charge on any atom is -0.506 e. The van der Waals surface area contributed by atoms with E-state index in [1.807, 2.05) is 0 Å². The van der Waals surface area contributed by atoms with E-state index < -0.39 is 0 Å². The maximum absolute atomic E-state index is 8.79. The van der Waals surface area contributed by atoms with Crippen molar-refractivity contribution in [2.75, 3.05) is 5.73 Å². The Morgan fingerprint density at radius 1 is 1.22 bits per heavy atom. The van der Waals surface area contributed by atoms with E-state index in [4.69, 9.17) is 10.8 Å². The molecule has 0 fully saturated rings. The van der Waals surface area contributed by atoms with Crippen LogP contribution in [0.4, 0.5) is 5.69 Å². The average molecular weight is 116 g/mol. The molecule has 1 aromatic rings. The van der Waals surface area contributed by atoms with Gasteiger partial charge in [-0.15, -0.1) is 0 Å². The zero-order valence-corrected chi connectivity index (χ0v) is 5.33. The van der Waals surface area contributed by atoms with Crippen molar-refractivity contribution in [1.82, 2.24) is 0 Å². The molecular weight excluding hydrogens is 109 g/mol. The van der Waals surface area contributed by atoms with Crippen molar-refractivity contribution in [3.63, 3.8) is 0 Å². The Balaban J connectivity index is 0.000000640. The van der Waals surface area contributed by atoms with Crippen molar-refractivity contribution in [1.29, 1.82) is 0 Å². The first-order valence-electron chi connectivity index (χ1n) is 2.34. The van der Waals surface area contributed by atoms with Crippen LogP contribution in [0.3, 0.4) is 0 Å². The predicted molar refractivity (Wildman–Crippen MR) is 32.5 cm³/mol. The van der Waals surface area contributed by atoms with E-state index in [-0.39, 0.29) is 24.6 Å². The van der Waals surface area contributed by atoms with Gasteiger partial charge in [0.25, 0.3) is 0 Å². The van der Waals surface area contributed by atoms with Crippen LogP contribution in [0.15, 0.2) is 24.3 Å². The fourth-order valence-corrected chi connectivity index (χ4v) is 0.488. The summed E-state index contributed by atoms with van der Waals surface area (Å²) in [6.45, 7) is 0. The Hall–Kier alpha value is -0.583. The van der Waals surface area contributed by atoms with E-state index >= 15 is 0 Å². The monoisotopic (exact) mass is 116 g/mol. The third-order valence-corrected chi connectivity index (χ3v) is 0.937. The number of hydrogen-bond donors (Lipinski definition) is 2. The first-order valence-corrected chi connectivity index (χ1v) is 2.34. The second-order valence-electron chi connectivity index (χ2n) is 1.56. The first kappa shape index (κ1) is 8.42. The molecule has 0 aliphatic heterocycles. The van der Waals surface area contributed by atoms with Crippen molar-refractivity contribution in [3.05, 3.63) is 24.3 Å². The second-order valence-corrected chi connectivity index (χ2v) is 1.56. The molecule has 0 unspecified atom stereocenters. The molecule has 0 aliphatic rings. The van der Waals surface area contributed by atoms with Gasteiger partial charge in [0.2, 0.25) is 0 Å². The van der Waals surface area contributed by atoms with Crippen LogP contribution in [0.25, 0.3) is 0 Å². The van der Waals surface area contributed by atoms with Crippen molar-refractivity contribution < 1.29 is 24.0 Å². The van der Waals surface area contributed by atoms with Gasteiger partial charge in [0.1, 0.15) is 5.75 Å². The number of phenolic OH excluding ortho intramolecular Hbond substituents is 1. The molecule has 9 heavy (non-hydrogen) atoms. The van der Waals surface area contributed by atoms with E-state index in [9.17, 15) is 0 Å². The van der Waals surface area contributed by atoms with Crippen LogP contribution < -0.4 is 24.6 Å². The normalized spacial score (nSPS) is 8.00. The number of rotatable bonds is 0. The van der Waals surface area contributed by atoms with Crippen molar-refractivity contribution in [3.8, 4) is 5.75 Å². The molecule has 0 amide bonds. The summed E-state index contributed by atoms with van der Waals surface area (Å²) in [5.41, 5.74) is 5.69. The Bertz CT molecular complexity index is 169. The quantitative estimate of drug-likeness (QED) is 0.233. The molecule has 0 aromatic heterocycles. The van der Waals surface area contributed by atoms with Gasteiger partial charge in [0, 0.05) is 0 Å². The van der Waals surface area contributed by atoms with Crippen molar-refractivity contribution in [2.45, 2.75) is 0 Å². The van der Waals surface area contributed by atoms with Gasteiger partial charge >= 0.3 is 18.9 Å². The van der Waals surface area contributed by atoms with Crippen LogP contribution >= 0.6 is 0 Å². The summed E-state index contributed by atoms with van der Waals surface area (Å²) >= 11 is 0. The van der Waals surface area contributed by atoms with E-state index in [0.717, 1.165) is 0 Å². The summed E-state index contributed by atoms with van der Waals surface area (Å²) in [7, 11) is 0. The standard InChI is InChI=1S/C6H7NO.Li/c7-5-3-1-2-4-6(5)8;/h1-4,8H,7H2;/q;+1. The zero-order valence-electron chi connectivity index (χ0n) is 5.33. The van der Waals surface area contributed by atoms with Crippen LogP contribution in [0.2, 0.25) is 0 Å². The molecule has 0 spiro atoms. The number of benzene rings is 1. The Morgan fingerprint density at radius 2 is 1.78 bits per heavy atom. The number of aromatic hydroxyl groups is 1. The predicted octanol–water partition coefficient (Wildman–Crippen LogP) is -2.02. The minimum atomic E-state index is 0. The van der Waals surface area contributed by atoms with Crippen molar-refractivity contribution >= 4 is 5.69 Å². The van der Waals surface area contributed by atoms with Crippen LogP contribution in [-0.4, -0.2) is 5.11 Å². The Kier molecular flexibility index (Phi) is 3.22. The number of nitrogens with two attached hydrogens (primary N) is 1. The van der Waals surface area contributed by atoms with Gasteiger partial charge in [-0.3, -0.25) is 0 Å². The summed E-state index contributed by atoms with van der Waals surface area (Å²) in [6, 6.07) is 6.70. The van der Waals surface area contributed by atoms with Crippen LogP contribution in [0, 0.1) is 0 Å². The molecule has 0 saturated carbocycles. The van der Waals surface area contributed by atoms with E-state index in [1.54, 1.807) is 24.3 Å². The molecule has 1 aromatic carbocycles. The van der Waals surface area contributed by atoms with Crippen LogP contribution in [0.1, 0.15) is 0 Å². The summed E-state index contributed by atoms with van der Waals surface area (Å²) < 4.78 is 0. The van der Waals surface area contributed by atoms with Gasteiger partial charge in [-0.05, 0) is 12.1 Å². The SMILES string of the molecule is Nc1ccccc1O.[Li+]. The molecule has 0 radical (unpaired) electrons. The van der Waals surface area contributed by atoms with E-state index in [2.05, 4.69) is 0 Å². The first-order chi connectivity index (χ1) is 3.80. The van der Waals surface area contributed by atoms with Gasteiger partial charge in [-0.2, -0.15) is 0 Å². The van der Waals surface area contributed by atoms with E-state index in [0.29, 0.717) is 5.69 Å². The Morgan fingerprint density at radius 3 is 2.11 bits per heavy atom. The summed E-state index contributed by atoms with van der Waals surface area (Å²) in [6.07, 6.45) is 0. The smallest absolute Gasteiger partial charge is 0.506 e. The minimum absolute atomic E-state index is 0. The molecule has 0 atom stereocenters. The molecule has 3 heteroatoms. The molecule has 0 bridgehead atoms. The topological polar surface area (TPSA) is 46.2 Å². The largest absolute Gasteiger partial charge is 1.00 e. The fourth-order valence-electron chi connectivity index (χ4n) is 0.488. The third kappa shape index (κ3) is 2.01.